The maximum Gasteiger partial charge on any atom is 0.410 e. The molecule has 2 amide bonds. The monoisotopic (exact) mass is 549 g/mol. The molecule has 5 rings (SSSR count). The summed E-state index contributed by atoms with van der Waals surface area (Å²) >= 11 is 1.03. The zero-order chi connectivity index (χ0) is 27.9. The molecule has 4 heterocycles. The smallest absolute Gasteiger partial charge is 0.410 e. The minimum absolute atomic E-state index is 0.0220. The minimum Gasteiger partial charge on any atom is -0.444 e. The standard InChI is InChI=1S/C16H22N4O2.C10H17NO4S/c1-15(2,3)22-14(21)20-8-6-11-12(9-20)16(11,10-17)13-5-7-18-19(13)4;1-10(2,3)13-9(12)11-5-4-7-8(6-11)15-16-14-7/h5,7,11-12H,6,8-9H2,1-4H3;7-8H,4-6H2,1-3H3. The first-order chi connectivity index (χ1) is 17.7. The van der Waals surface area contributed by atoms with Gasteiger partial charge in [-0.3, -0.25) is 13.0 Å². The summed E-state index contributed by atoms with van der Waals surface area (Å²) in [5.41, 5.74) is -0.486. The van der Waals surface area contributed by atoms with Gasteiger partial charge in [0.05, 0.1) is 18.3 Å². The van der Waals surface area contributed by atoms with Gasteiger partial charge in [0.15, 0.2) is 12.3 Å². The van der Waals surface area contributed by atoms with Crippen LogP contribution in [0.2, 0.25) is 0 Å². The molecule has 12 heteroatoms. The molecular formula is C26H39N5O6S. The molecular weight excluding hydrogens is 510 g/mol. The fourth-order valence-electron chi connectivity index (χ4n) is 5.45. The van der Waals surface area contributed by atoms with E-state index in [2.05, 4.69) is 11.2 Å². The number of piperidine rings is 2. The highest BCUT2D eigenvalue weighted by molar-refractivity contribution is 7.90. The van der Waals surface area contributed by atoms with Crippen molar-refractivity contribution in [2.24, 2.45) is 18.9 Å². The number of nitrogens with zero attached hydrogens (tertiary/aromatic N) is 5. The van der Waals surface area contributed by atoms with Crippen LogP contribution in [0.15, 0.2) is 12.3 Å². The van der Waals surface area contributed by atoms with Crippen molar-refractivity contribution in [3.8, 4) is 6.07 Å². The number of hydrogen-bond donors (Lipinski definition) is 0. The summed E-state index contributed by atoms with van der Waals surface area (Å²) in [4.78, 5) is 27.5. The Morgan fingerprint density at radius 3 is 2.13 bits per heavy atom. The minimum atomic E-state index is -0.498. The van der Waals surface area contributed by atoms with Crippen molar-refractivity contribution in [2.45, 2.75) is 83.2 Å². The highest BCUT2D eigenvalue weighted by Crippen LogP contribution is 2.63. The lowest BCUT2D eigenvalue weighted by molar-refractivity contribution is -0.000758. The largest absolute Gasteiger partial charge is 0.444 e. The van der Waals surface area contributed by atoms with Crippen LogP contribution in [0.4, 0.5) is 9.59 Å². The Kier molecular flexibility index (Phi) is 7.94. The number of fused-ring (bicyclic) bond motifs is 2. The SMILES string of the molecule is CC(C)(C)OC(=O)N1CCC2OSOC2C1.Cn1nccc1C1(C#N)C2CCN(C(=O)OC(C)(C)C)CC21. The Bertz CT molecular complexity index is 1080. The maximum absolute atomic E-state index is 12.2. The highest BCUT2D eigenvalue weighted by Gasteiger charge is 2.69. The molecule has 4 aliphatic rings. The van der Waals surface area contributed by atoms with E-state index in [9.17, 15) is 14.9 Å². The number of carbonyl (C=O) groups excluding carboxylic acids is 2. The Balaban J connectivity index is 0.000000186. The van der Waals surface area contributed by atoms with Gasteiger partial charge in [0, 0.05) is 38.8 Å². The summed E-state index contributed by atoms with van der Waals surface area (Å²) in [6.45, 7) is 13.6. The first kappa shape index (κ1) is 28.5. The van der Waals surface area contributed by atoms with E-state index >= 15 is 0 Å². The number of carbonyl (C=O) groups is 2. The number of nitriles is 1. The summed E-state index contributed by atoms with van der Waals surface area (Å²) in [5.74, 6) is 0.487. The zero-order valence-electron chi connectivity index (χ0n) is 23.3. The molecule has 3 saturated heterocycles. The van der Waals surface area contributed by atoms with E-state index in [4.69, 9.17) is 17.8 Å². The van der Waals surface area contributed by atoms with Gasteiger partial charge in [-0.05, 0) is 66.4 Å². The molecule has 3 aliphatic heterocycles. The third-order valence-corrected chi connectivity index (χ3v) is 7.88. The summed E-state index contributed by atoms with van der Waals surface area (Å²) in [7, 11) is 1.87. The molecule has 11 nitrogen and oxygen atoms in total. The Hall–Kier alpha value is -2.49. The van der Waals surface area contributed by atoms with Crippen LogP contribution in [0.5, 0.6) is 0 Å². The Morgan fingerprint density at radius 1 is 1.00 bits per heavy atom. The van der Waals surface area contributed by atoms with Gasteiger partial charge in [0.1, 0.15) is 28.8 Å². The number of rotatable bonds is 1. The molecule has 0 aromatic carbocycles. The molecule has 0 bridgehead atoms. The predicted octanol–water partition coefficient (Wildman–Crippen LogP) is 4.04. The first-order valence-corrected chi connectivity index (χ1v) is 13.8. The van der Waals surface area contributed by atoms with Crippen molar-refractivity contribution in [1.82, 2.24) is 19.6 Å². The average molecular weight is 550 g/mol. The lowest BCUT2D eigenvalue weighted by Crippen LogP contribution is -2.49. The van der Waals surface area contributed by atoms with Gasteiger partial charge in [-0.1, -0.05) is 0 Å². The van der Waals surface area contributed by atoms with Crippen molar-refractivity contribution in [1.29, 1.82) is 5.26 Å². The number of hydrogen-bond acceptors (Lipinski definition) is 9. The molecule has 1 saturated carbocycles. The maximum atomic E-state index is 12.2. The van der Waals surface area contributed by atoms with Crippen LogP contribution < -0.4 is 0 Å². The average Bonchev–Trinajstić information content (AvgIpc) is 3.11. The summed E-state index contributed by atoms with van der Waals surface area (Å²) in [6.07, 6.45) is 2.90. The summed E-state index contributed by atoms with van der Waals surface area (Å²) < 4.78 is 23.1. The fourth-order valence-corrected chi connectivity index (χ4v) is 6.10. The normalized spacial score (nSPS) is 30.3. The van der Waals surface area contributed by atoms with E-state index < -0.39 is 16.6 Å². The second-order valence-electron chi connectivity index (χ2n) is 12.3. The second-order valence-corrected chi connectivity index (χ2v) is 12.8. The van der Waals surface area contributed by atoms with Crippen molar-refractivity contribution in [2.75, 3.05) is 26.2 Å². The van der Waals surface area contributed by atoms with Crippen molar-refractivity contribution in [3.05, 3.63) is 18.0 Å². The van der Waals surface area contributed by atoms with Crippen LogP contribution in [0.25, 0.3) is 0 Å². The van der Waals surface area contributed by atoms with Crippen LogP contribution >= 0.6 is 12.3 Å². The number of likely N-dealkylation sites (tertiary alicyclic amines) is 2. The first-order valence-electron chi connectivity index (χ1n) is 13.1. The van der Waals surface area contributed by atoms with Crippen LogP contribution in [0.1, 0.15) is 60.1 Å². The Morgan fingerprint density at radius 2 is 1.58 bits per heavy atom. The third kappa shape index (κ3) is 6.05. The molecule has 4 fully saturated rings. The molecule has 0 N–H and O–H groups in total. The van der Waals surface area contributed by atoms with Crippen molar-refractivity contribution >= 4 is 24.5 Å². The second kappa shape index (κ2) is 10.6. The van der Waals surface area contributed by atoms with Gasteiger partial charge in [-0.2, -0.15) is 10.4 Å². The van der Waals surface area contributed by atoms with E-state index in [1.807, 2.05) is 54.7 Å². The number of amides is 2. The van der Waals surface area contributed by atoms with Crippen LogP contribution in [0, 0.1) is 23.2 Å². The molecule has 5 atom stereocenters. The van der Waals surface area contributed by atoms with E-state index in [0.29, 0.717) is 32.1 Å². The van der Waals surface area contributed by atoms with Gasteiger partial charge < -0.3 is 19.3 Å². The van der Waals surface area contributed by atoms with E-state index in [-0.39, 0.29) is 30.3 Å². The van der Waals surface area contributed by atoms with Crippen LogP contribution in [0.3, 0.4) is 0 Å². The Labute approximate surface area is 229 Å². The predicted molar refractivity (Wildman–Crippen MR) is 140 cm³/mol. The van der Waals surface area contributed by atoms with E-state index in [1.54, 1.807) is 20.7 Å². The van der Waals surface area contributed by atoms with Crippen LogP contribution in [-0.2, 0) is 30.3 Å². The van der Waals surface area contributed by atoms with Gasteiger partial charge in [-0.15, -0.1) is 0 Å². The van der Waals surface area contributed by atoms with Crippen LogP contribution in [-0.4, -0.2) is 81.4 Å². The van der Waals surface area contributed by atoms with E-state index in [1.165, 1.54) is 0 Å². The van der Waals surface area contributed by atoms with Gasteiger partial charge in [0.2, 0.25) is 0 Å². The number of aromatic nitrogens is 2. The molecule has 0 spiro atoms. The molecule has 1 aromatic rings. The highest BCUT2D eigenvalue weighted by atomic mass is 32.2. The van der Waals surface area contributed by atoms with E-state index in [0.717, 1.165) is 30.9 Å². The lowest BCUT2D eigenvalue weighted by Gasteiger charge is -2.33. The molecule has 0 radical (unpaired) electrons. The summed E-state index contributed by atoms with van der Waals surface area (Å²) in [6, 6.07) is 4.42. The number of aryl methyl sites for hydroxylation is 1. The zero-order valence-corrected chi connectivity index (χ0v) is 24.1. The van der Waals surface area contributed by atoms with Gasteiger partial charge >= 0.3 is 12.2 Å². The van der Waals surface area contributed by atoms with Gasteiger partial charge in [-0.25, -0.2) is 9.59 Å². The van der Waals surface area contributed by atoms with Gasteiger partial charge in [0.25, 0.3) is 0 Å². The topological polar surface area (TPSA) is 119 Å². The molecule has 210 valence electrons. The van der Waals surface area contributed by atoms with Crippen molar-refractivity contribution < 1.29 is 27.4 Å². The fraction of sp³-hybridized carbons (Fsp3) is 0.769. The molecule has 5 unspecified atom stereocenters. The van der Waals surface area contributed by atoms with Crippen molar-refractivity contribution in [3.63, 3.8) is 0 Å². The summed E-state index contributed by atoms with van der Waals surface area (Å²) in [5, 5.41) is 14.0. The molecule has 1 aromatic heterocycles. The molecule has 38 heavy (non-hydrogen) atoms. The quantitative estimate of drug-likeness (QED) is 0.478. The molecule has 1 aliphatic carbocycles. The number of ether oxygens (including phenoxy) is 2. The lowest BCUT2D eigenvalue weighted by atomic mass is 9.99. The third-order valence-electron chi connectivity index (χ3n) is 7.23.